The van der Waals surface area contributed by atoms with E-state index in [2.05, 4.69) is 41.9 Å². The summed E-state index contributed by atoms with van der Waals surface area (Å²) in [4.78, 5) is 2.38. The number of nitrogens with zero attached hydrogens (tertiary/aromatic N) is 1. The summed E-state index contributed by atoms with van der Waals surface area (Å²) in [7, 11) is 1.95. The van der Waals surface area contributed by atoms with Crippen molar-refractivity contribution in [2.45, 2.75) is 31.8 Å². The molecule has 0 heterocycles. The molecule has 0 saturated heterocycles. The predicted octanol–water partition coefficient (Wildman–Crippen LogP) is 3.78. The smallest absolute Gasteiger partial charge is 0.0474 e. The maximum absolute atomic E-state index is 6.38. The molecule has 0 spiro atoms. The van der Waals surface area contributed by atoms with Gasteiger partial charge in [0.1, 0.15) is 0 Å². The lowest BCUT2D eigenvalue weighted by Crippen LogP contribution is -2.25. The summed E-state index contributed by atoms with van der Waals surface area (Å²) >= 11 is 6.38. The number of hydrogen-bond donors (Lipinski definition) is 1. The van der Waals surface area contributed by atoms with Crippen molar-refractivity contribution in [2.24, 2.45) is 0 Å². The second kappa shape index (κ2) is 5.77. The fraction of sp³-hybridized carbons (Fsp3) is 0.467. The molecule has 1 saturated carbocycles. The number of nitrogens with one attached hydrogen (secondary N) is 1. The summed E-state index contributed by atoms with van der Waals surface area (Å²) < 4.78 is 0. The third kappa shape index (κ3) is 2.88. The van der Waals surface area contributed by atoms with Crippen LogP contribution in [-0.4, -0.2) is 19.6 Å². The zero-order valence-electron chi connectivity index (χ0n) is 11.1. The minimum atomic E-state index is 0.278. The van der Waals surface area contributed by atoms with Crippen LogP contribution in [-0.2, 0) is 0 Å². The summed E-state index contributed by atoms with van der Waals surface area (Å²) in [5.41, 5.74) is 2.35. The Morgan fingerprint density at radius 2 is 2.28 bits per heavy atom. The minimum absolute atomic E-state index is 0.278. The van der Waals surface area contributed by atoms with Gasteiger partial charge in [-0.2, -0.15) is 0 Å². The standard InChI is InChI=1S/C15H21ClN2/c1-4-9-18(12-5-6-12)13-7-8-14(11(2)17-3)15(16)10-13/h4,7-8,10-12,17H,1,5-6,9H2,2-3H3. The van der Waals surface area contributed by atoms with Gasteiger partial charge in [-0.05, 0) is 44.5 Å². The fourth-order valence-electron chi connectivity index (χ4n) is 2.19. The third-order valence-corrected chi connectivity index (χ3v) is 3.86. The molecule has 2 nitrogen and oxygen atoms in total. The Labute approximate surface area is 115 Å². The first kappa shape index (κ1) is 13.4. The van der Waals surface area contributed by atoms with E-state index in [1.54, 1.807) is 0 Å². The Bertz CT molecular complexity index is 427. The van der Waals surface area contributed by atoms with Crippen LogP contribution in [0.3, 0.4) is 0 Å². The molecule has 1 atom stereocenters. The van der Waals surface area contributed by atoms with Crippen molar-refractivity contribution in [3.8, 4) is 0 Å². The van der Waals surface area contributed by atoms with E-state index in [0.29, 0.717) is 6.04 Å². The molecule has 0 bridgehead atoms. The molecule has 0 amide bonds. The first-order chi connectivity index (χ1) is 8.67. The fourth-order valence-corrected chi connectivity index (χ4v) is 2.53. The van der Waals surface area contributed by atoms with Crippen LogP contribution >= 0.6 is 11.6 Å². The highest BCUT2D eigenvalue weighted by Crippen LogP contribution is 2.34. The molecule has 1 aliphatic rings. The van der Waals surface area contributed by atoms with Crippen molar-refractivity contribution in [1.29, 1.82) is 0 Å². The lowest BCUT2D eigenvalue weighted by atomic mass is 10.1. The average molecular weight is 265 g/mol. The molecule has 1 aromatic rings. The number of benzene rings is 1. The molecule has 0 aliphatic heterocycles. The Hall–Kier alpha value is -0.990. The van der Waals surface area contributed by atoms with Gasteiger partial charge in [-0.3, -0.25) is 0 Å². The van der Waals surface area contributed by atoms with Gasteiger partial charge in [-0.25, -0.2) is 0 Å². The molecular formula is C15H21ClN2. The van der Waals surface area contributed by atoms with E-state index in [1.807, 2.05) is 13.1 Å². The number of rotatable bonds is 6. The van der Waals surface area contributed by atoms with Crippen molar-refractivity contribution >= 4 is 17.3 Å². The van der Waals surface area contributed by atoms with Crippen molar-refractivity contribution in [3.05, 3.63) is 41.4 Å². The lowest BCUT2D eigenvalue weighted by Gasteiger charge is -2.24. The maximum atomic E-state index is 6.38. The summed E-state index contributed by atoms with van der Waals surface area (Å²) in [6, 6.07) is 7.31. The molecule has 98 valence electrons. The van der Waals surface area contributed by atoms with Crippen LogP contribution in [0.25, 0.3) is 0 Å². The normalized spacial score (nSPS) is 16.4. The van der Waals surface area contributed by atoms with Gasteiger partial charge in [0.15, 0.2) is 0 Å². The van der Waals surface area contributed by atoms with Gasteiger partial charge in [0.25, 0.3) is 0 Å². The van der Waals surface area contributed by atoms with Crippen molar-refractivity contribution < 1.29 is 0 Å². The number of halogens is 1. The topological polar surface area (TPSA) is 15.3 Å². The van der Waals surface area contributed by atoms with E-state index in [4.69, 9.17) is 11.6 Å². The monoisotopic (exact) mass is 264 g/mol. The van der Waals surface area contributed by atoms with Gasteiger partial charge in [-0.1, -0.05) is 23.7 Å². The molecule has 0 aromatic heterocycles. The average Bonchev–Trinajstić information content (AvgIpc) is 3.19. The Kier molecular flexibility index (Phi) is 4.31. The van der Waals surface area contributed by atoms with Crippen LogP contribution in [0.2, 0.25) is 5.02 Å². The number of anilines is 1. The Morgan fingerprint density at radius 3 is 2.78 bits per heavy atom. The second-order valence-electron chi connectivity index (χ2n) is 4.89. The Morgan fingerprint density at radius 1 is 1.56 bits per heavy atom. The third-order valence-electron chi connectivity index (χ3n) is 3.53. The number of hydrogen-bond acceptors (Lipinski definition) is 2. The summed E-state index contributed by atoms with van der Waals surface area (Å²) in [5.74, 6) is 0. The van der Waals surface area contributed by atoms with Crippen LogP contribution in [0.4, 0.5) is 5.69 Å². The van der Waals surface area contributed by atoms with Gasteiger partial charge in [-0.15, -0.1) is 6.58 Å². The molecule has 1 fully saturated rings. The molecular weight excluding hydrogens is 244 g/mol. The highest BCUT2D eigenvalue weighted by Gasteiger charge is 2.28. The van der Waals surface area contributed by atoms with Crippen LogP contribution in [0.5, 0.6) is 0 Å². The van der Waals surface area contributed by atoms with Gasteiger partial charge < -0.3 is 10.2 Å². The highest BCUT2D eigenvalue weighted by molar-refractivity contribution is 6.31. The second-order valence-corrected chi connectivity index (χ2v) is 5.30. The van der Waals surface area contributed by atoms with Gasteiger partial charge >= 0.3 is 0 Å². The van der Waals surface area contributed by atoms with E-state index in [9.17, 15) is 0 Å². The highest BCUT2D eigenvalue weighted by atomic mass is 35.5. The van der Waals surface area contributed by atoms with Crippen LogP contribution in [0.15, 0.2) is 30.9 Å². The minimum Gasteiger partial charge on any atom is -0.365 e. The quantitative estimate of drug-likeness (QED) is 0.787. The summed E-state index contributed by atoms with van der Waals surface area (Å²) in [6.07, 6.45) is 4.51. The van der Waals surface area contributed by atoms with E-state index < -0.39 is 0 Å². The molecule has 18 heavy (non-hydrogen) atoms. The Balaban J connectivity index is 2.23. The molecule has 1 aromatic carbocycles. The van der Waals surface area contributed by atoms with Crippen LogP contribution in [0.1, 0.15) is 31.4 Å². The molecule has 0 radical (unpaired) electrons. The molecule has 2 rings (SSSR count). The van der Waals surface area contributed by atoms with E-state index in [-0.39, 0.29) is 6.04 Å². The molecule has 1 N–H and O–H groups in total. The first-order valence-electron chi connectivity index (χ1n) is 6.51. The van der Waals surface area contributed by atoms with Crippen LogP contribution in [0, 0.1) is 0 Å². The molecule has 1 aliphatic carbocycles. The summed E-state index contributed by atoms with van der Waals surface area (Å²) in [5, 5.41) is 4.05. The van der Waals surface area contributed by atoms with Crippen molar-refractivity contribution in [2.75, 3.05) is 18.5 Å². The zero-order chi connectivity index (χ0) is 13.1. The van der Waals surface area contributed by atoms with Crippen molar-refractivity contribution in [3.63, 3.8) is 0 Å². The van der Waals surface area contributed by atoms with E-state index in [1.165, 1.54) is 18.5 Å². The maximum Gasteiger partial charge on any atom is 0.0474 e. The van der Waals surface area contributed by atoms with Crippen molar-refractivity contribution in [1.82, 2.24) is 5.32 Å². The predicted molar refractivity (Wildman–Crippen MR) is 79.5 cm³/mol. The van der Waals surface area contributed by atoms with E-state index >= 15 is 0 Å². The molecule has 1 unspecified atom stereocenters. The van der Waals surface area contributed by atoms with Gasteiger partial charge in [0, 0.05) is 29.3 Å². The van der Waals surface area contributed by atoms with E-state index in [0.717, 1.165) is 17.1 Å². The van der Waals surface area contributed by atoms with Gasteiger partial charge in [0.2, 0.25) is 0 Å². The van der Waals surface area contributed by atoms with Crippen LogP contribution < -0.4 is 10.2 Å². The largest absolute Gasteiger partial charge is 0.365 e. The molecule has 3 heteroatoms. The lowest BCUT2D eigenvalue weighted by molar-refractivity contribution is 0.652. The first-order valence-corrected chi connectivity index (χ1v) is 6.89. The zero-order valence-corrected chi connectivity index (χ0v) is 11.9. The van der Waals surface area contributed by atoms with Gasteiger partial charge in [0.05, 0.1) is 0 Å². The SMILES string of the molecule is C=CCN(c1ccc(C(C)NC)c(Cl)c1)C1CC1. The summed E-state index contributed by atoms with van der Waals surface area (Å²) in [6.45, 7) is 6.84.